The van der Waals surface area contributed by atoms with Crippen LogP contribution in [0.15, 0.2) is 95.6 Å². The summed E-state index contributed by atoms with van der Waals surface area (Å²) >= 11 is 3.57. The van der Waals surface area contributed by atoms with E-state index in [4.69, 9.17) is 4.98 Å². The number of benzene rings is 3. The normalized spacial score (nSPS) is 11.9. The van der Waals surface area contributed by atoms with Gasteiger partial charge in [0.1, 0.15) is 5.60 Å². The van der Waals surface area contributed by atoms with E-state index in [0.29, 0.717) is 18.5 Å². The number of nitrogens with one attached hydrogen (secondary N) is 1. The van der Waals surface area contributed by atoms with Gasteiger partial charge >= 0.3 is 0 Å². The monoisotopic (exact) mass is 456 g/mol. The first-order valence-electron chi connectivity index (χ1n) is 9.99. The highest BCUT2D eigenvalue weighted by atomic mass is 79.9. The van der Waals surface area contributed by atoms with Gasteiger partial charge in [0.2, 0.25) is 0 Å². The molecule has 5 aromatic rings. The number of nitrogens with zero attached hydrogens (tertiary/aromatic N) is 1. The van der Waals surface area contributed by atoms with Gasteiger partial charge in [0.15, 0.2) is 0 Å². The SMILES string of the molecule is OC(Cc1ccccc1)(Cc1ccccc1)c1nccc2c1[nH]c1ccc(Br)cc12. The number of hydrogen-bond donors (Lipinski definition) is 2. The van der Waals surface area contributed by atoms with E-state index >= 15 is 0 Å². The van der Waals surface area contributed by atoms with E-state index in [-0.39, 0.29) is 0 Å². The Kier molecular flexibility index (Phi) is 4.89. The summed E-state index contributed by atoms with van der Waals surface area (Å²) in [6.07, 6.45) is 2.76. The molecule has 3 nitrogen and oxygen atoms in total. The molecule has 0 amide bonds. The second-order valence-corrected chi connectivity index (χ2v) is 8.67. The molecular weight excluding hydrogens is 436 g/mol. The maximum atomic E-state index is 12.1. The van der Waals surface area contributed by atoms with Crippen LogP contribution >= 0.6 is 15.9 Å². The van der Waals surface area contributed by atoms with Crippen molar-refractivity contribution in [2.24, 2.45) is 0 Å². The van der Waals surface area contributed by atoms with Crippen molar-refractivity contribution < 1.29 is 5.11 Å². The molecule has 2 N–H and O–H groups in total. The Balaban J connectivity index is 1.70. The largest absolute Gasteiger partial charge is 0.383 e. The summed E-state index contributed by atoms with van der Waals surface area (Å²) in [5, 5.41) is 14.3. The van der Waals surface area contributed by atoms with Gasteiger partial charge < -0.3 is 10.1 Å². The Morgan fingerprint density at radius 2 is 1.43 bits per heavy atom. The van der Waals surface area contributed by atoms with Crippen molar-refractivity contribution in [3.63, 3.8) is 0 Å². The van der Waals surface area contributed by atoms with Gasteiger partial charge in [-0.1, -0.05) is 76.6 Å². The Hall–Kier alpha value is -2.95. The zero-order valence-electron chi connectivity index (χ0n) is 16.3. The van der Waals surface area contributed by atoms with E-state index in [2.05, 4.69) is 57.3 Å². The minimum Gasteiger partial charge on any atom is -0.383 e. The number of halogens is 1. The molecule has 0 aliphatic rings. The van der Waals surface area contributed by atoms with Crippen molar-refractivity contribution in [3.8, 4) is 0 Å². The summed E-state index contributed by atoms with van der Waals surface area (Å²) in [7, 11) is 0. The van der Waals surface area contributed by atoms with Crippen LogP contribution in [0.5, 0.6) is 0 Å². The van der Waals surface area contributed by atoms with Crippen LogP contribution in [0.2, 0.25) is 0 Å². The molecule has 0 aliphatic carbocycles. The van der Waals surface area contributed by atoms with Gasteiger partial charge in [0.25, 0.3) is 0 Å². The summed E-state index contributed by atoms with van der Waals surface area (Å²) in [5.74, 6) is 0. The fraction of sp³-hybridized carbons (Fsp3) is 0.115. The number of rotatable bonds is 5. The molecule has 0 bridgehead atoms. The Bertz CT molecular complexity index is 1270. The molecule has 2 heterocycles. The maximum Gasteiger partial charge on any atom is 0.117 e. The standard InChI is InChI=1S/C26H21BrN2O/c27-20-11-12-23-22(15-20)21-13-14-28-25(24(21)29-23)26(30,16-18-7-3-1-4-8-18)17-19-9-5-2-6-10-19/h1-15,29-30H,16-17H2. The zero-order valence-corrected chi connectivity index (χ0v) is 17.9. The number of pyridine rings is 1. The second-order valence-electron chi connectivity index (χ2n) is 7.75. The summed E-state index contributed by atoms with van der Waals surface area (Å²) in [5.41, 5.74) is 3.60. The van der Waals surface area contributed by atoms with E-state index in [1.165, 1.54) is 0 Å². The highest BCUT2D eigenvalue weighted by Gasteiger charge is 2.34. The van der Waals surface area contributed by atoms with E-state index in [0.717, 1.165) is 37.4 Å². The minimum atomic E-state index is -1.15. The fourth-order valence-corrected chi connectivity index (χ4v) is 4.61. The number of fused-ring (bicyclic) bond motifs is 3. The molecule has 0 fully saturated rings. The fourth-order valence-electron chi connectivity index (χ4n) is 4.25. The van der Waals surface area contributed by atoms with Crippen molar-refractivity contribution >= 4 is 37.7 Å². The second kappa shape index (κ2) is 7.71. The number of aliphatic hydroxyl groups is 1. The first kappa shape index (κ1) is 19.0. The molecule has 3 aromatic carbocycles. The van der Waals surface area contributed by atoms with Crippen LogP contribution < -0.4 is 0 Å². The molecule has 5 rings (SSSR count). The molecular formula is C26H21BrN2O. The van der Waals surface area contributed by atoms with Crippen LogP contribution in [-0.2, 0) is 18.4 Å². The van der Waals surface area contributed by atoms with E-state index in [1.54, 1.807) is 6.20 Å². The number of aromatic amines is 1. The molecule has 0 spiro atoms. The van der Waals surface area contributed by atoms with Gasteiger partial charge in [-0.3, -0.25) is 4.98 Å². The van der Waals surface area contributed by atoms with Gasteiger partial charge in [0, 0.05) is 39.8 Å². The van der Waals surface area contributed by atoms with Gasteiger partial charge in [0.05, 0.1) is 11.2 Å². The van der Waals surface area contributed by atoms with Crippen LogP contribution in [0, 0.1) is 0 Å². The number of aromatic nitrogens is 2. The molecule has 30 heavy (non-hydrogen) atoms. The Morgan fingerprint density at radius 3 is 2.07 bits per heavy atom. The molecule has 2 aromatic heterocycles. The van der Waals surface area contributed by atoms with Crippen molar-refractivity contribution in [2.75, 3.05) is 0 Å². The van der Waals surface area contributed by atoms with Gasteiger partial charge in [-0.15, -0.1) is 0 Å². The third-order valence-electron chi connectivity index (χ3n) is 5.60. The van der Waals surface area contributed by atoms with Crippen LogP contribution in [0.4, 0.5) is 0 Å². The lowest BCUT2D eigenvalue weighted by Crippen LogP contribution is -2.33. The van der Waals surface area contributed by atoms with Crippen molar-refractivity contribution in [2.45, 2.75) is 18.4 Å². The average Bonchev–Trinajstić information content (AvgIpc) is 3.13. The summed E-state index contributed by atoms with van der Waals surface area (Å²) in [6.45, 7) is 0. The third-order valence-corrected chi connectivity index (χ3v) is 6.10. The van der Waals surface area contributed by atoms with Gasteiger partial charge in [-0.2, -0.15) is 0 Å². The van der Waals surface area contributed by atoms with Crippen molar-refractivity contribution in [1.29, 1.82) is 0 Å². The molecule has 0 unspecified atom stereocenters. The number of hydrogen-bond acceptors (Lipinski definition) is 2. The smallest absolute Gasteiger partial charge is 0.117 e. The molecule has 4 heteroatoms. The van der Waals surface area contributed by atoms with Crippen LogP contribution in [-0.4, -0.2) is 15.1 Å². The molecule has 0 radical (unpaired) electrons. The molecule has 0 aliphatic heterocycles. The predicted molar refractivity (Wildman–Crippen MR) is 125 cm³/mol. The average molecular weight is 457 g/mol. The minimum absolute atomic E-state index is 0.480. The van der Waals surface area contributed by atoms with E-state index in [1.807, 2.05) is 48.5 Å². The first-order chi connectivity index (χ1) is 14.6. The van der Waals surface area contributed by atoms with E-state index < -0.39 is 5.60 Å². The highest BCUT2D eigenvalue weighted by Crippen LogP contribution is 2.36. The maximum absolute atomic E-state index is 12.1. The lowest BCUT2D eigenvalue weighted by Gasteiger charge is -2.28. The highest BCUT2D eigenvalue weighted by molar-refractivity contribution is 9.10. The molecule has 0 saturated heterocycles. The molecule has 148 valence electrons. The van der Waals surface area contributed by atoms with E-state index in [9.17, 15) is 5.11 Å². The topological polar surface area (TPSA) is 48.9 Å². The van der Waals surface area contributed by atoms with Gasteiger partial charge in [-0.05, 0) is 35.4 Å². The predicted octanol–water partition coefficient (Wildman–Crippen LogP) is 6.15. The lowest BCUT2D eigenvalue weighted by atomic mass is 9.84. The Morgan fingerprint density at radius 1 is 0.800 bits per heavy atom. The lowest BCUT2D eigenvalue weighted by molar-refractivity contribution is 0.0342. The summed E-state index contributed by atoms with van der Waals surface area (Å²) < 4.78 is 1.03. The van der Waals surface area contributed by atoms with Crippen molar-refractivity contribution in [3.05, 3.63) is 112 Å². The first-order valence-corrected chi connectivity index (χ1v) is 10.8. The van der Waals surface area contributed by atoms with Crippen molar-refractivity contribution in [1.82, 2.24) is 9.97 Å². The van der Waals surface area contributed by atoms with Crippen LogP contribution in [0.3, 0.4) is 0 Å². The van der Waals surface area contributed by atoms with Gasteiger partial charge in [-0.25, -0.2) is 0 Å². The molecule has 0 atom stereocenters. The zero-order chi connectivity index (χ0) is 20.6. The quantitative estimate of drug-likeness (QED) is 0.333. The molecule has 0 saturated carbocycles. The third kappa shape index (κ3) is 3.53. The van der Waals surface area contributed by atoms with Crippen LogP contribution in [0.25, 0.3) is 21.8 Å². The Labute approximate surface area is 183 Å². The van der Waals surface area contributed by atoms with Crippen LogP contribution in [0.1, 0.15) is 16.8 Å². The summed E-state index contributed by atoms with van der Waals surface area (Å²) in [4.78, 5) is 8.20. The summed E-state index contributed by atoms with van der Waals surface area (Å²) in [6, 6.07) is 28.4. The number of H-pyrrole nitrogens is 1.